The summed E-state index contributed by atoms with van der Waals surface area (Å²) >= 11 is 1.40. The van der Waals surface area contributed by atoms with Gasteiger partial charge in [-0.3, -0.25) is 0 Å². The number of para-hydroxylation sites is 1. The molecule has 5 nitrogen and oxygen atoms in total. The van der Waals surface area contributed by atoms with Crippen LogP contribution < -0.4 is 0 Å². The highest BCUT2D eigenvalue weighted by Gasteiger charge is 2.02. The van der Waals surface area contributed by atoms with E-state index in [1.54, 1.807) is 24.4 Å². The fourth-order valence-corrected chi connectivity index (χ4v) is 1.99. The standard InChI is InChI=1S/C12H8N4OS/c17-9-3-1-2-8-4-5-10(14-11(8)9)15-16-12-13-6-7-18-12/h1-7,17H. The Hall–Kier alpha value is -2.34. The molecule has 0 atom stereocenters. The van der Waals surface area contributed by atoms with Crippen LogP contribution in [0.5, 0.6) is 5.75 Å². The van der Waals surface area contributed by atoms with Crippen LogP contribution in [0, 0.1) is 0 Å². The Morgan fingerprint density at radius 2 is 2.06 bits per heavy atom. The van der Waals surface area contributed by atoms with Crippen LogP contribution in [-0.4, -0.2) is 15.1 Å². The highest BCUT2D eigenvalue weighted by Crippen LogP contribution is 2.25. The highest BCUT2D eigenvalue weighted by atomic mass is 32.1. The van der Waals surface area contributed by atoms with Crippen LogP contribution in [0.2, 0.25) is 0 Å². The fourth-order valence-electron chi connectivity index (χ4n) is 1.54. The number of phenolic OH excluding ortho intramolecular Hbond substituents is 1. The van der Waals surface area contributed by atoms with Gasteiger partial charge < -0.3 is 5.11 Å². The topological polar surface area (TPSA) is 70.7 Å². The largest absolute Gasteiger partial charge is 0.506 e. The van der Waals surface area contributed by atoms with E-state index in [4.69, 9.17) is 0 Å². The molecule has 0 aliphatic rings. The Kier molecular flexibility index (Phi) is 2.70. The lowest BCUT2D eigenvalue weighted by Crippen LogP contribution is -1.79. The van der Waals surface area contributed by atoms with Crippen molar-refractivity contribution in [3.05, 3.63) is 41.9 Å². The number of rotatable bonds is 2. The monoisotopic (exact) mass is 256 g/mol. The van der Waals surface area contributed by atoms with Gasteiger partial charge in [0.05, 0.1) is 0 Å². The molecule has 0 saturated heterocycles. The molecule has 2 heterocycles. The molecule has 18 heavy (non-hydrogen) atoms. The first-order valence-electron chi connectivity index (χ1n) is 5.23. The van der Waals surface area contributed by atoms with E-state index in [9.17, 15) is 5.11 Å². The summed E-state index contributed by atoms with van der Waals surface area (Å²) in [7, 11) is 0. The first kappa shape index (κ1) is 10.8. The zero-order chi connectivity index (χ0) is 12.4. The summed E-state index contributed by atoms with van der Waals surface area (Å²) in [6.45, 7) is 0. The van der Waals surface area contributed by atoms with E-state index >= 15 is 0 Å². The molecular weight excluding hydrogens is 248 g/mol. The van der Waals surface area contributed by atoms with Crippen LogP contribution in [0.25, 0.3) is 10.9 Å². The molecule has 1 aromatic carbocycles. The molecule has 3 rings (SSSR count). The van der Waals surface area contributed by atoms with Gasteiger partial charge in [-0.25, -0.2) is 9.97 Å². The molecule has 0 unspecified atom stereocenters. The van der Waals surface area contributed by atoms with Gasteiger partial charge in [0.1, 0.15) is 11.3 Å². The first-order valence-corrected chi connectivity index (χ1v) is 6.11. The molecule has 0 radical (unpaired) electrons. The number of nitrogens with zero attached hydrogens (tertiary/aromatic N) is 4. The lowest BCUT2D eigenvalue weighted by atomic mass is 10.2. The van der Waals surface area contributed by atoms with Crippen LogP contribution >= 0.6 is 11.3 Å². The number of aromatic hydroxyl groups is 1. The van der Waals surface area contributed by atoms with Crippen molar-refractivity contribution in [2.45, 2.75) is 0 Å². The second-order valence-electron chi connectivity index (χ2n) is 3.53. The average Bonchev–Trinajstić information content (AvgIpc) is 2.90. The fraction of sp³-hybridized carbons (Fsp3) is 0. The number of fused-ring (bicyclic) bond motifs is 1. The molecule has 1 N–H and O–H groups in total. The Labute approximate surface area is 106 Å². The van der Waals surface area contributed by atoms with Gasteiger partial charge in [0.25, 0.3) is 0 Å². The molecule has 0 bridgehead atoms. The van der Waals surface area contributed by atoms with Crippen LogP contribution in [0.15, 0.2) is 52.1 Å². The summed E-state index contributed by atoms with van der Waals surface area (Å²) in [5, 5.41) is 20.9. The van der Waals surface area contributed by atoms with Gasteiger partial charge in [0, 0.05) is 17.0 Å². The van der Waals surface area contributed by atoms with Gasteiger partial charge in [0.2, 0.25) is 5.13 Å². The van der Waals surface area contributed by atoms with Crippen molar-refractivity contribution in [2.75, 3.05) is 0 Å². The predicted octanol–water partition coefficient (Wildman–Crippen LogP) is 3.81. The normalized spacial score (nSPS) is 11.3. The van der Waals surface area contributed by atoms with Crippen molar-refractivity contribution in [3.63, 3.8) is 0 Å². The van der Waals surface area contributed by atoms with Gasteiger partial charge in [-0.15, -0.1) is 21.6 Å². The summed E-state index contributed by atoms with van der Waals surface area (Å²) in [4.78, 5) is 8.23. The number of thiazole rings is 1. The van der Waals surface area contributed by atoms with Gasteiger partial charge in [-0.05, 0) is 18.2 Å². The summed E-state index contributed by atoms with van der Waals surface area (Å²) < 4.78 is 0. The lowest BCUT2D eigenvalue weighted by molar-refractivity contribution is 0.480. The number of benzene rings is 1. The molecule has 0 spiro atoms. The molecular formula is C12H8N4OS. The Balaban J connectivity index is 2.01. The van der Waals surface area contributed by atoms with E-state index in [-0.39, 0.29) is 5.75 Å². The van der Waals surface area contributed by atoms with Crippen molar-refractivity contribution in [3.8, 4) is 5.75 Å². The number of pyridine rings is 1. The number of hydrogen-bond acceptors (Lipinski definition) is 6. The number of aromatic nitrogens is 2. The minimum Gasteiger partial charge on any atom is -0.506 e. The van der Waals surface area contributed by atoms with Crippen molar-refractivity contribution >= 4 is 33.2 Å². The highest BCUT2D eigenvalue weighted by molar-refractivity contribution is 7.13. The summed E-state index contributed by atoms with van der Waals surface area (Å²) in [6, 6.07) is 8.84. The molecule has 3 aromatic rings. The first-order chi connectivity index (χ1) is 8.83. The Morgan fingerprint density at radius 1 is 1.11 bits per heavy atom. The van der Waals surface area contributed by atoms with Crippen molar-refractivity contribution in [2.24, 2.45) is 10.2 Å². The maximum atomic E-state index is 9.70. The smallest absolute Gasteiger partial charge is 0.229 e. The van der Waals surface area contributed by atoms with Gasteiger partial charge >= 0.3 is 0 Å². The summed E-state index contributed by atoms with van der Waals surface area (Å²) in [5.41, 5.74) is 0.521. The van der Waals surface area contributed by atoms with E-state index in [2.05, 4.69) is 20.2 Å². The zero-order valence-corrected chi connectivity index (χ0v) is 10.0. The SMILES string of the molecule is Oc1cccc2ccc(N=Nc3nccs3)nc12. The van der Waals surface area contributed by atoms with Crippen LogP contribution in [-0.2, 0) is 0 Å². The molecule has 0 saturated carbocycles. The Bertz CT molecular complexity index is 709. The van der Waals surface area contributed by atoms with E-state index in [0.717, 1.165) is 5.39 Å². The number of hydrogen-bond donors (Lipinski definition) is 1. The zero-order valence-electron chi connectivity index (χ0n) is 9.19. The maximum Gasteiger partial charge on any atom is 0.229 e. The van der Waals surface area contributed by atoms with Gasteiger partial charge in [-0.1, -0.05) is 12.1 Å². The van der Waals surface area contributed by atoms with Gasteiger partial charge in [-0.2, -0.15) is 0 Å². The van der Waals surface area contributed by atoms with E-state index in [1.165, 1.54) is 11.3 Å². The quantitative estimate of drug-likeness (QED) is 0.708. The predicted molar refractivity (Wildman–Crippen MR) is 69.7 cm³/mol. The molecule has 2 aromatic heterocycles. The number of azo groups is 1. The Morgan fingerprint density at radius 3 is 2.89 bits per heavy atom. The second kappa shape index (κ2) is 4.50. The molecule has 0 aliphatic heterocycles. The van der Waals surface area contributed by atoms with Crippen molar-refractivity contribution in [1.29, 1.82) is 0 Å². The van der Waals surface area contributed by atoms with E-state index < -0.39 is 0 Å². The number of phenols is 1. The van der Waals surface area contributed by atoms with Crippen LogP contribution in [0.1, 0.15) is 0 Å². The van der Waals surface area contributed by atoms with E-state index in [1.807, 2.05) is 17.5 Å². The molecule has 0 fully saturated rings. The lowest BCUT2D eigenvalue weighted by Gasteiger charge is -1.99. The minimum absolute atomic E-state index is 0.138. The van der Waals surface area contributed by atoms with Gasteiger partial charge in [0.15, 0.2) is 5.82 Å². The summed E-state index contributed by atoms with van der Waals surface area (Å²) in [5.74, 6) is 0.581. The third-order valence-corrected chi connectivity index (χ3v) is 3.00. The second-order valence-corrected chi connectivity index (χ2v) is 4.41. The molecule has 0 amide bonds. The molecule has 0 aliphatic carbocycles. The maximum absolute atomic E-state index is 9.70. The third kappa shape index (κ3) is 2.05. The molecule has 88 valence electrons. The minimum atomic E-state index is 0.138. The molecule has 6 heteroatoms. The third-order valence-electron chi connectivity index (χ3n) is 2.34. The van der Waals surface area contributed by atoms with Crippen molar-refractivity contribution in [1.82, 2.24) is 9.97 Å². The average molecular weight is 256 g/mol. The van der Waals surface area contributed by atoms with Crippen LogP contribution in [0.4, 0.5) is 10.9 Å². The van der Waals surface area contributed by atoms with E-state index in [0.29, 0.717) is 16.5 Å². The van der Waals surface area contributed by atoms with Crippen LogP contribution in [0.3, 0.4) is 0 Å². The van der Waals surface area contributed by atoms with Crippen molar-refractivity contribution < 1.29 is 5.11 Å². The summed E-state index contributed by atoms with van der Waals surface area (Å²) in [6.07, 6.45) is 1.67.